The van der Waals surface area contributed by atoms with Crippen molar-refractivity contribution in [1.82, 2.24) is 20.3 Å². The summed E-state index contributed by atoms with van der Waals surface area (Å²) in [4.78, 5) is 13.8. The van der Waals surface area contributed by atoms with Gasteiger partial charge >= 0.3 is 0 Å². The Labute approximate surface area is 130 Å². The van der Waals surface area contributed by atoms with Gasteiger partial charge in [-0.05, 0) is 23.6 Å². The Morgan fingerprint density at radius 3 is 2.68 bits per heavy atom. The molecule has 1 aromatic heterocycles. The Morgan fingerprint density at radius 1 is 1.32 bits per heavy atom. The summed E-state index contributed by atoms with van der Waals surface area (Å²) in [6.45, 7) is 4.70. The number of aromatic nitrogens is 3. The fraction of sp³-hybridized carbons (Fsp3) is 0.438. The van der Waals surface area contributed by atoms with Crippen LogP contribution in [-0.2, 0) is 17.8 Å². The largest absolute Gasteiger partial charge is 0.497 e. The van der Waals surface area contributed by atoms with Crippen molar-refractivity contribution in [3.05, 3.63) is 42.2 Å². The quantitative estimate of drug-likeness (QED) is 0.844. The molecule has 22 heavy (non-hydrogen) atoms. The third-order valence-electron chi connectivity index (χ3n) is 3.48. The molecule has 2 rings (SSSR count). The second-order valence-electron chi connectivity index (χ2n) is 5.53. The van der Waals surface area contributed by atoms with Crippen molar-refractivity contribution >= 4 is 5.91 Å². The zero-order valence-corrected chi connectivity index (χ0v) is 13.2. The SMILES string of the molecule is COc1cccc(CC(=O)NC(Cn2nccn2)C(C)C)c1. The van der Waals surface area contributed by atoms with Gasteiger partial charge in [-0.2, -0.15) is 15.0 Å². The van der Waals surface area contributed by atoms with Crippen molar-refractivity contribution in [2.24, 2.45) is 5.92 Å². The minimum absolute atomic E-state index is 0.00879. The summed E-state index contributed by atoms with van der Waals surface area (Å²) >= 11 is 0. The van der Waals surface area contributed by atoms with Crippen LogP contribution in [0.15, 0.2) is 36.7 Å². The van der Waals surface area contributed by atoms with Crippen LogP contribution < -0.4 is 10.1 Å². The van der Waals surface area contributed by atoms with Gasteiger partial charge in [-0.3, -0.25) is 4.79 Å². The predicted octanol–water partition coefficient (Wildman–Crippen LogP) is 1.67. The number of carbonyl (C=O) groups excluding carboxylic acids is 1. The lowest BCUT2D eigenvalue weighted by Crippen LogP contribution is -2.42. The van der Waals surface area contributed by atoms with E-state index in [9.17, 15) is 4.79 Å². The highest BCUT2D eigenvalue weighted by Gasteiger charge is 2.17. The zero-order chi connectivity index (χ0) is 15.9. The van der Waals surface area contributed by atoms with Gasteiger partial charge in [0.05, 0.1) is 38.5 Å². The first kappa shape index (κ1) is 16.0. The predicted molar refractivity (Wildman–Crippen MR) is 83.5 cm³/mol. The van der Waals surface area contributed by atoms with Crippen LogP contribution in [0.3, 0.4) is 0 Å². The minimum atomic E-state index is -0.0147. The van der Waals surface area contributed by atoms with Gasteiger partial charge in [-0.15, -0.1) is 0 Å². The molecule has 0 fully saturated rings. The number of methoxy groups -OCH3 is 1. The fourth-order valence-corrected chi connectivity index (χ4v) is 2.16. The van der Waals surface area contributed by atoms with Crippen molar-refractivity contribution in [3.8, 4) is 5.75 Å². The Morgan fingerprint density at radius 2 is 2.05 bits per heavy atom. The van der Waals surface area contributed by atoms with E-state index in [2.05, 4.69) is 29.4 Å². The van der Waals surface area contributed by atoms with Crippen LogP contribution in [0.2, 0.25) is 0 Å². The van der Waals surface area contributed by atoms with E-state index in [1.54, 1.807) is 24.3 Å². The van der Waals surface area contributed by atoms with Crippen LogP contribution in [0.25, 0.3) is 0 Å². The van der Waals surface area contributed by atoms with Gasteiger partial charge in [-0.1, -0.05) is 26.0 Å². The first-order valence-electron chi connectivity index (χ1n) is 7.35. The number of nitrogens with zero attached hydrogens (tertiary/aromatic N) is 3. The lowest BCUT2D eigenvalue weighted by Gasteiger charge is -2.22. The molecule has 1 atom stereocenters. The molecular formula is C16H22N4O2. The lowest BCUT2D eigenvalue weighted by atomic mass is 10.0. The molecule has 0 aliphatic rings. The van der Waals surface area contributed by atoms with E-state index in [0.717, 1.165) is 11.3 Å². The first-order chi connectivity index (χ1) is 10.6. The Bertz CT molecular complexity index is 596. The summed E-state index contributed by atoms with van der Waals surface area (Å²) in [7, 11) is 1.62. The summed E-state index contributed by atoms with van der Waals surface area (Å²) in [6, 6.07) is 7.53. The summed E-state index contributed by atoms with van der Waals surface area (Å²) in [5.41, 5.74) is 0.927. The van der Waals surface area contributed by atoms with E-state index in [1.807, 2.05) is 24.3 Å². The molecule has 1 amide bonds. The standard InChI is InChI=1S/C16H22N4O2/c1-12(2)15(11-20-17-7-8-18-20)19-16(21)10-13-5-4-6-14(9-13)22-3/h4-9,12,15H,10-11H2,1-3H3,(H,19,21). The van der Waals surface area contributed by atoms with Crippen LogP contribution in [0.1, 0.15) is 19.4 Å². The van der Waals surface area contributed by atoms with E-state index in [-0.39, 0.29) is 11.9 Å². The number of rotatable bonds is 7. The van der Waals surface area contributed by atoms with E-state index in [4.69, 9.17) is 4.74 Å². The van der Waals surface area contributed by atoms with Gasteiger partial charge in [0.15, 0.2) is 0 Å². The summed E-state index contributed by atoms with van der Waals surface area (Å²) in [5.74, 6) is 1.03. The molecule has 1 N–H and O–H groups in total. The van der Waals surface area contributed by atoms with Gasteiger partial charge in [0.25, 0.3) is 0 Å². The number of hydrogen-bond acceptors (Lipinski definition) is 4. The molecule has 0 spiro atoms. The molecule has 0 radical (unpaired) electrons. The lowest BCUT2D eigenvalue weighted by molar-refractivity contribution is -0.121. The maximum atomic E-state index is 12.3. The second kappa shape index (κ2) is 7.59. The van der Waals surface area contributed by atoms with Gasteiger partial charge in [0.2, 0.25) is 5.91 Å². The molecular weight excluding hydrogens is 280 g/mol. The highest BCUT2D eigenvalue weighted by atomic mass is 16.5. The molecule has 6 nitrogen and oxygen atoms in total. The molecule has 118 valence electrons. The van der Waals surface area contributed by atoms with Crippen LogP contribution in [-0.4, -0.2) is 34.1 Å². The highest BCUT2D eigenvalue weighted by molar-refractivity contribution is 5.79. The second-order valence-corrected chi connectivity index (χ2v) is 5.53. The fourth-order valence-electron chi connectivity index (χ4n) is 2.16. The maximum Gasteiger partial charge on any atom is 0.224 e. The van der Waals surface area contributed by atoms with Gasteiger partial charge in [-0.25, -0.2) is 0 Å². The van der Waals surface area contributed by atoms with Crippen LogP contribution >= 0.6 is 0 Å². The Hall–Kier alpha value is -2.37. The Kier molecular flexibility index (Phi) is 5.52. The van der Waals surface area contributed by atoms with E-state index < -0.39 is 0 Å². The smallest absolute Gasteiger partial charge is 0.224 e. The molecule has 1 heterocycles. The topological polar surface area (TPSA) is 69.0 Å². The van der Waals surface area contributed by atoms with Crippen LogP contribution in [0.4, 0.5) is 0 Å². The number of nitrogens with one attached hydrogen (secondary N) is 1. The van der Waals surface area contributed by atoms with Gasteiger partial charge in [0.1, 0.15) is 5.75 Å². The van der Waals surface area contributed by atoms with Gasteiger partial charge in [0, 0.05) is 0 Å². The van der Waals surface area contributed by atoms with Crippen molar-refractivity contribution in [2.45, 2.75) is 32.9 Å². The monoisotopic (exact) mass is 302 g/mol. The summed E-state index contributed by atoms with van der Waals surface area (Å²) in [5, 5.41) is 11.2. The van der Waals surface area contributed by atoms with E-state index in [1.165, 1.54) is 0 Å². The third-order valence-corrected chi connectivity index (χ3v) is 3.48. The molecule has 0 saturated carbocycles. The average Bonchev–Trinajstić information content (AvgIpc) is 2.99. The number of hydrogen-bond donors (Lipinski definition) is 1. The van der Waals surface area contributed by atoms with E-state index >= 15 is 0 Å². The maximum absolute atomic E-state index is 12.3. The number of carbonyl (C=O) groups is 1. The molecule has 6 heteroatoms. The molecule has 2 aromatic rings. The molecule has 1 aromatic carbocycles. The normalized spacial score (nSPS) is 12.2. The molecule has 0 saturated heterocycles. The number of amides is 1. The van der Waals surface area contributed by atoms with Crippen molar-refractivity contribution in [3.63, 3.8) is 0 Å². The van der Waals surface area contributed by atoms with Crippen molar-refractivity contribution in [2.75, 3.05) is 7.11 Å². The summed E-state index contributed by atoms with van der Waals surface area (Å²) < 4.78 is 5.17. The van der Waals surface area contributed by atoms with Crippen LogP contribution in [0.5, 0.6) is 5.75 Å². The molecule has 0 bridgehead atoms. The van der Waals surface area contributed by atoms with E-state index in [0.29, 0.717) is 18.9 Å². The number of ether oxygens (including phenoxy) is 1. The molecule has 0 aliphatic heterocycles. The van der Waals surface area contributed by atoms with Gasteiger partial charge < -0.3 is 10.1 Å². The Balaban J connectivity index is 1.95. The third kappa shape index (κ3) is 4.58. The first-order valence-corrected chi connectivity index (χ1v) is 7.35. The number of benzene rings is 1. The zero-order valence-electron chi connectivity index (χ0n) is 13.2. The molecule has 0 aliphatic carbocycles. The highest BCUT2D eigenvalue weighted by Crippen LogP contribution is 2.13. The van der Waals surface area contributed by atoms with Crippen molar-refractivity contribution < 1.29 is 9.53 Å². The average molecular weight is 302 g/mol. The summed E-state index contributed by atoms with van der Waals surface area (Å²) in [6.07, 6.45) is 3.60. The molecule has 1 unspecified atom stereocenters. The van der Waals surface area contributed by atoms with Crippen molar-refractivity contribution in [1.29, 1.82) is 0 Å². The minimum Gasteiger partial charge on any atom is -0.497 e. The van der Waals surface area contributed by atoms with Crippen LogP contribution in [0, 0.1) is 5.92 Å².